The van der Waals surface area contributed by atoms with Gasteiger partial charge in [0.2, 0.25) is 0 Å². The van der Waals surface area contributed by atoms with Gasteiger partial charge in [-0.3, -0.25) is 4.79 Å². The normalized spacial score (nSPS) is 36.5. The lowest BCUT2D eigenvalue weighted by Gasteiger charge is -2.06. The van der Waals surface area contributed by atoms with Crippen LogP contribution in [0, 0.1) is 22.2 Å². The predicted molar refractivity (Wildman–Crippen MR) is 60.6 cm³/mol. The second kappa shape index (κ2) is 3.08. The SMILES string of the molecule is CC(C)=CC1(Br)C(C)(C)C1(C#N)C(=O)O. The number of allylic oxidation sites excluding steroid dienone is 2. The highest BCUT2D eigenvalue weighted by Gasteiger charge is 2.86. The number of nitrogens with zero attached hydrogens (tertiary/aromatic N) is 1. The van der Waals surface area contributed by atoms with Crippen molar-refractivity contribution < 1.29 is 9.90 Å². The number of nitriles is 1. The number of hydrogen-bond acceptors (Lipinski definition) is 2. The van der Waals surface area contributed by atoms with Crippen LogP contribution in [0.25, 0.3) is 0 Å². The largest absolute Gasteiger partial charge is 0.480 e. The molecule has 1 saturated carbocycles. The van der Waals surface area contributed by atoms with Gasteiger partial charge in [-0.05, 0) is 13.8 Å². The molecule has 0 aromatic heterocycles. The standard InChI is InChI=1S/C11H14BrNO2/c1-7(2)5-11(12)9(3,4)10(11,6-13)8(14)15/h5H,1-4H3,(H,14,15). The molecular weight excluding hydrogens is 258 g/mol. The lowest BCUT2D eigenvalue weighted by molar-refractivity contribution is -0.142. The maximum absolute atomic E-state index is 11.2. The number of carboxylic acids is 1. The average molecular weight is 272 g/mol. The quantitative estimate of drug-likeness (QED) is 0.621. The van der Waals surface area contributed by atoms with Crippen LogP contribution in [0.2, 0.25) is 0 Å². The molecule has 4 heteroatoms. The molecule has 3 nitrogen and oxygen atoms in total. The summed E-state index contributed by atoms with van der Waals surface area (Å²) in [5.74, 6) is -1.07. The Balaban J connectivity index is 3.34. The van der Waals surface area contributed by atoms with Crippen LogP contribution >= 0.6 is 15.9 Å². The van der Waals surface area contributed by atoms with E-state index in [0.717, 1.165) is 5.57 Å². The third kappa shape index (κ3) is 1.13. The van der Waals surface area contributed by atoms with Gasteiger partial charge >= 0.3 is 5.97 Å². The second-order valence-corrected chi connectivity index (χ2v) is 5.98. The number of carboxylic acid groups (broad SMARTS) is 1. The Hall–Kier alpha value is -0.820. The summed E-state index contributed by atoms with van der Waals surface area (Å²) in [6, 6.07) is 1.95. The molecule has 1 N–H and O–H groups in total. The average Bonchev–Trinajstić information content (AvgIpc) is 2.39. The molecule has 0 radical (unpaired) electrons. The highest BCUT2D eigenvalue weighted by Crippen LogP contribution is 2.77. The predicted octanol–water partition coefficient (Wildman–Crippen LogP) is 2.72. The Morgan fingerprint density at radius 1 is 1.47 bits per heavy atom. The van der Waals surface area contributed by atoms with Gasteiger partial charge < -0.3 is 5.11 Å². The lowest BCUT2D eigenvalue weighted by Crippen LogP contribution is -2.22. The van der Waals surface area contributed by atoms with E-state index in [1.807, 2.05) is 26.0 Å². The van der Waals surface area contributed by atoms with Crippen LogP contribution in [0.15, 0.2) is 11.6 Å². The minimum atomic E-state index is -1.36. The van der Waals surface area contributed by atoms with Gasteiger partial charge in [-0.2, -0.15) is 5.26 Å². The molecule has 0 bridgehead atoms. The maximum Gasteiger partial charge on any atom is 0.326 e. The van der Waals surface area contributed by atoms with Gasteiger partial charge in [0.1, 0.15) is 0 Å². The van der Waals surface area contributed by atoms with E-state index >= 15 is 0 Å². The van der Waals surface area contributed by atoms with Crippen LogP contribution in [-0.4, -0.2) is 15.4 Å². The van der Waals surface area contributed by atoms with Gasteiger partial charge in [0.15, 0.2) is 5.41 Å². The first kappa shape index (κ1) is 12.3. The van der Waals surface area contributed by atoms with Crippen molar-refractivity contribution in [3.8, 4) is 6.07 Å². The fourth-order valence-electron chi connectivity index (χ4n) is 2.23. The Kier molecular flexibility index (Phi) is 2.52. The summed E-state index contributed by atoms with van der Waals surface area (Å²) < 4.78 is -0.758. The van der Waals surface area contributed by atoms with Crippen LogP contribution in [0.5, 0.6) is 0 Å². The highest BCUT2D eigenvalue weighted by atomic mass is 79.9. The summed E-state index contributed by atoms with van der Waals surface area (Å²) >= 11 is 3.42. The van der Waals surface area contributed by atoms with Crippen molar-refractivity contribution >= 4 is 21.9 Å². The van der Waals surface area contributed by atoms with Crippen LogP contribution in [-0.2, 0) is 4.79 Å². The Labute approximate surface area is 97.9 Å². The first-order valence-corrected chi connectivity index (χ1v) is 5.46. The molecule has 2 atom stereocenters. The highest BCUT2D eigenvalue weighted by molar-refractivity contribution is 9.10. The van der Waals surface area contributed by atoms with E-state index in [2.05, 4.69) is 15.9 Å². The van der Waals surface area contributed by atoms with Crippen LogP contribution < -0.4 is 0 Å². The molecule has 1 aliphatic rings. The Morgan fingerprint density at radius 2 is 1.93 bits per heavy atom. The first-order valence-electron chi connectivity index (χ1n) is 4.67. The van der Waals surface area contributed by atoms with E-state index in [1.54, 1.807) is 13.8 Å². The monoisotopic (exact) mass is 271 g/mol. The van der Waals surface area contributed by atoms with Crippen molar-refractivity contribution in [2.45, 2.75) is 32.0 Å². The molecule has 82 valence electrons. The zero-order valence-corrected chi connectivity index (χ0v) is 10.8. The minimum absolute atomic E-state index is 0.599. The number of alkyl halides is 1. The number of aliphatic carboxylic acids is 1. The Morgan fingerprint density at radius 3 is 2.13 bits per heavy atom. The molecule has 0 aliphatic heterocycles. The van der Waals surface area contributed by atoms with Gasteiger partial charge in [-0.25, -0.2) is 0 Å². The molecule has 0 heterocycles. The summed E-state index contributed by atoms with van der Waals surface area (Å²) in [4.78, 5) is 11.2. The minimum Gasteiger partial charge on any atom is -0.480 e. The van der Waals surface area contributed by atoms with E-state index in [1.165, 1.54) is 0 Å². The van der Waals surface area contributed by atoms with E-state index in [9.17, 15) is 9.90 Å². The topological polar surface area (TPSA) is 61.1 Å². The fourth-order valence-corrected chi connectivity index (χ4v) is 3.64. The zero-order valence-electron chi connectivity index (χ0n) is 9.26. The van der Waals surface area contributed by atoms with E-state index < -0.39 is 21.1 Å². The van der Waals surface area contributed by atoms with Crippen molar-refractivity contribution in [2.75, 3.05) is 0 Å². The second-order valence-electron chi connectivity index (χ2n) is 4.73. The van der Waals surface area contributed by atoms with Gasteiger partial charge in [0.05, 0.1) is 10.4 Å². The number of halogens is 1. The molecule has 0 saturated heterocycles. The summed E-state index contributed by atoms with van der Waals surface area (Å²) in [5, 5.41) is 18.3. The molecule has 0 amide bonds. The summed E-state index contributed by atoms with van der Waals surface area (Å²) in [7, 11) is 0. The molecular formula is C11H14BrNO2. The summed E-state index contributed by atoms with van der Waals surface area (Å²) in [6.07, 6.45) is 1.82. The van der Waals surface area contributed by atoms with Gasteiger partial charge in [0, 0.05) is 5.41 Å². The fraction of sp³-hybridized carbons (Fsp3) is 0.636. The lowest BCUT2D eigenvalue weighted by atomic mass is 9.98. The third-order valence-electron chi connectivity index (χ3n) is 3.31. The van der Waals surface area contributed by atoms with Gasteiger partial charge in [0.25, 0.3) is 0 Å². The molecule has 1 aliphatic carbocycles. The maximum atomic E-state index is 11.2. The van der Waals surface area contributed by atoms with Crippen molar-refractivity contribution in [1.29, 1.82) is 5.26 Å². The van der Waals surface area contributed by atoms with Crippen molar-refractivity contribution in [2.24, 2.45) is 10.8 Å². The molecule has 1 fully saturated rings. The molecule has 15 heavy (non-hydrogen) atoms. The summed E-state index contributed by atoms with van der Waals surface area (Å²) in [5.41, 5.74) is -0.965. The number of hydrogen-bond donors (Lipinski definition) is 1. The molecule has 0 aromatic carbocycles. The molecule has 1 rings (SSSR count). The van der Waals surface area contributed by atoms with E-state index in [-0.39, 0.29) is 0 Å². The Bertz CT molecular complexity index is 390. The van der Waals surface area contributed by atoms with E-state index in [4.69, 9.17) is 5.26 Å². The number of rotatable bonds is 2. The molecule has 2 unspecified atom stereocenters. The van der Waals surface area contributed by atoms with Crippen LogP contribution in [0.3, 0.4) is 0 Å². The molecule has 0 spiro atoms. The van der Waals surface area contributed by atoms with Gasteiger partial charge in [-0.1, -0.05) is 41.4 Å². The summed E-state index contributed by atoms with van der Waals surface area (Å²) in [6.45, 7) is 7.36. The third-order valence-corrected chi connectivity index (χ3v) is 5.12. The zero-order chi connectivity index (χ0) is 12.1. The van der Waals surface area contributed by atoms with E-state index in [0.29, 0.717) is 0 Å². The first-order chi connectivity index (χ1) is 6.67. The van der Waals surface area contributed by atoms with Crippen molar-refractivity contribution in [3.05, 3.63) is 11.6 Å². The van der Waals surface area contributed by atoms with Crippen molar-refractivity contribution in [1.82, 2.24) is 0 Å². The molecule has 0 aromatic rings. The van der Waals surface area contributed by atoms with Crippen LogP contribution in [0.4, 0.5) is 0 Å². The smallest absolute Gasteiger partial charge is 0.326 e. The van der Waals surface area contributed by atoms with Crippen molar-refractivity contribution in [3.63, 3.8) is 0 Å². The number of carbonyl (C=O) groups is 1. The van der Waals surface area contributed by atoms with Crippen LogP contribution in [0.1, 0.15) is 27.7 Å². The van der Waals surface area contributed by atoms with Gasteiger partial charge in [-0.15, -0.1) is 0 Å².